The van der Waals surface area contributed by atoms with Crippen molar-refractivity contribution < 1.29 is 28.2 Å². The third-order valence-electron chi connectivity index (χ3n) is 6.52. The second kappa shape index (κ2) is 13.0. The molecule has 10 heteroatoms. The predicted octanol–water partition coefficient (Wildman–Crippen LogP) is 3.71. The summed E-state index contributed by atoms with van der Waals surface area (Å²) in [6.07, 6.45) is 2.27. The summed E-state index contributed by atoms with van der Waals surface area (Å²) in [6.45, 7) is 7.34. The molecule has 0 bridgehead atoms. The maximum absolute atomic E-state index is 12.7. The van der Waals surface area contributed by atoms with Crippen LogP contribution in [0.5, 0.6) is 5.75 Å². The van der Waals surface area contributed by atoms with Crippen LogP contribution in [0.3, 0.4) is 0 Å². The lowest BCUT2D eigenvalue weighted by Gasteiger charge is -2.33. The van der Waals surface area contributed by atoms with Gasteiger partial charge in [-0.1, -0.05) is 13.3 Å². The largest absolute Gasteiger partial charge is 0.507 e. The zero-order chi connectivity index (χ0) is 27.0. The topological polar surface area (TPSA) is 125 Å². The van der Waals surface area contributed by atoms with Gasteiger partial charge >= 0.3 is 6.18 Å². The van der Waals surface area contributed by atoms with Gasteiger partial charge in [-0.25, -0.2) is 0 Å². The summed E-state index contributed by atoms with van der Waals surface area (Å²) >= 11 is 0. The van der Waals surface area contributed by atoms with Gasteiger partial charge in [-0.3, -0.25) is 9.69 Å². The number of nitrogens with one attached hydrogen (secondary N) is 1. The van der Waals surface area contributed by atoms with Gasteiger partial charge in [0, 0.05) is 23.8 Å². The molecule has 0 aromatic heterocycles. The van der Waals surface area contributed by atoms with E-state index in [0.29, 0.717) is 30.5 Å². The fourth-order valence-corrected chi connectivity index (χ4v) is 4.40. The molecule has 2 fully saturated rings. The first-order chi connectivity index (χ1) is 16.8. The van der Waals surface area contributed by atoms with E-state index in [9.17, 15) is 23.1 Å². The number of aromatic hydroxyl groups is 1. The minimum absolute atomic E-state index is 0.0462. The second-order valence-corrected chi connectivity index (χ2v) is 9.75. The summed E-state index contributed by atoms with van der Waals surface area (Å²) in [5.74, 6) is 0.752. The number of likely N-dealkylation sites (tertiary alicyclic amines) is 1. The summed E-state index contributed by atoms with van der Waals surface area (Å²) in [6, 6.07) is 2.72. The lowest BCUT2D eigenvalue weighted by Crippen LogP contribution is -2.47. The Kier molecular flexibility index (Phi) is 10.7. The van der Waals surface area contributed by atoms with Gasteiger partial charge < -0.3 is 27.0 Å². The number of allylic oxidation sites excluding steroid dienone is 2. The molecule has 0 radical (unpaired) electrons. The number of hydrogen-bond acceptors (Lipinski definition) is 7. The van der Waals surface area contributed by atoms with Gasteiger partial charge in [0.25, 0.3) is 0 Å². The summed E-state index contributed by atoms with van der Waals surface area (Å²) in [7, 11) is 0. The van der Waals surface area contributed by atoms with Crippen LogP contribution >= 0.6 is 0 Å². The van der Waals surface area contributed by atoms with Gasteiger partial charge in [-0.05, 0) is 81.8 Å². The van der Waals surface area contributed by atoms with Gasteiger partial charge in [0.2, 0.25) is 0 Å². The van der Waals surface area contributed by atoms with E-state index in [4.69, 9.17) is 16.6 Å². The highest BCUT2D eigenvalue weighted by atomic mass is 19.4. The predicted molar refractivity (Wildman–Crippen MR) is 134 cm³/mol. The number of nitrogens with two attached hydrogens (primary N) is 2. The molecule has 202 valence electrons. The number of halogens is 3. The van der Waals surface area contributed by atoms with Crippen LogP contribution in [-0.2, 0) is 11.0 Å². The minimum Gasteiger partial charge on any atom is -0.507 e. The van der Waals surface area contributed by atoms with Crippen molar-refractivity contribution in [3.63, 3.8) is 0 Å². The molecule has 2 aliphatic rings. The molecule has 7 nitrogen and oxygen atoms in total. The molecule has 1 aromatic carbocycles. The molecule has 7 N–H and O–H groups in total. The van der Waals surface area contributed by atoms with Crippen LogP contribution in [0.25, 0.3) is 5.70 Å². The first-order valence-corrected chi connectivity index (χ1v) is 12.3. The van der Waals surface area contributed by atoms with Crippen molar-refractivity contribution in [3.05, 3.63) is 46.8 Å². The molecule has 0 amide bonds. The molecule has 1 atom stereocenters. The molecular weight excluding hydrogens is 473 g/mol. The Hall–Kier alpha value is -2.72. The molecule has 1 unspecified atom stereocenters. The first kappa shape index (κ1) is 29.5. The van der Waals surface area contributed by atoms with Crippen LogP contribution in [0.15, 0.2) is 35.7 Å². The number of aliphatic hydroxyl groups is 1. The van der Waals surface area contributed by atoms with E-state index in [0.717, 1.165) is 50.3 Å². The molecule has 1 aliphatic heterocycles. The third kappa shape index (κ3) is 9.05. The van der Waals surface area contributed by atoms with Crippen LogP contribution in [-0.4, -0.2) is 52.7 Å². The maximum atomic E-state index is 12.7. The van der Waals surface area contributed by atoms with E-state index in [-0.39, 0.29) is 29.2 Å². The number of rotatable bonds is 7. The monoisotopic (exact) mass is 512 g/mol. The molecular formula is C26H39F3N4O3. The normalized spacial score (nSPS) is 23.6. The van der Waals surface area contributed by atoms with Crippen LogP contribution in [0, 0.1) is 5.92 Å². The number of Topliss-reactive ketones (excluding diaryl/α,β-unsaturated/α-hetero) is 1. The summed E-state index contributed by atoms with van der Waals surface area (Å²) < 4.78 is 38.2. The number of phenols is 1. The molecule has 1 heterocycles. The molecule has 1 aliphatic carbocycles. The first-order valence-electron chi connectivity index (χ1n) is 12.3. The number of benzene rings is 1. The van der Waals surface area contributed by atoms with Gasteiger partial charge in [0.05, 0.1) is 24.0 Å². The highest BCUT2D eigenvalue weighted by Crippen LogP contribution is 2.34. The number of hydrogen-bond donors (Lipinski definition) is 5. The Bertz CT molecular complexity index is 956. The fourth-order valence-electron chi connectivity index (χ4n) is 4.40. The van der Waals surface area contributed by atoms with E-state index in [1.807, 2.05) is 0 Å². The van der Waals surface area contributed by atoms with Crippen molar-refractivity contribution in [3.8, 4) is 5.75 Å². The maximum Gasteiger partial charge on any atom is 0.416 e. The third-order valence-corrected chi connectivity index (χ3v) is 6.52. The summed E-state index contributed by atoms with van der Waals surface area (Å²) in [5.41, 5.74) is 11.9. The number of carbonyl (C=O) groups is 1. The van der Waals surface area contributed by atoms with E-state index < -0.39 is 17.5 Å². The van der Waals surface area contributed by atoms with Crippen molar-refractivity contribution in [1.29, 1.82) is 0 Å². The molecule has 36 heavy (non-hydrogen) atoms. The lowest BCUT2D eigenvalue weighted by molar-refractivity contribution is -0.137. The quantitative estimate of drug-likeness (QED) is 0.353. The Labute approximate surface area is 211 Å². The van der Waals surface area contributed by atoms with Gasteiger partial charge in [-0.2, -0.15) is 13.2 Å². The van der Waals surface area contributed by atoms with Gasteiger partial charge in [-0.15, -0.1) is 0 Å². The zero-order valence-electron chi connectivity index (χ0n) is 21.2. The zero-order valence-corrected chi connectivity index (χ0v) is 21.2. The molecule has 1 saturated heterocycles. The number of phenolic OH excluding ortho intramolecular Hbond substituents is 1. The number of nitrogens with zero attached hydrogens (tertiary/aromatic N) is 1. The minimum atomic E-state index is -4.55. The number of carbonyl (C=O) groups excluding carboxylic acids is 1. The summed E-state index contributed by atoms with van der Waals surface area (Å²) in [4.78, 5) is 13.4. The smallest absolute Gasteiger partial charge is 0.416 e. The average molecular weight is 513 g/mol. The summed E-state index contributed by atoms with van der Waals surface area (Å²) in [5, 5.41) is 21.9. The van der Waals surface area contributed by atoms with Crippen molar-refractivity contribution in [1.82, 2.24) is 10.2 Å². The SMILES string of the molecule is CC(=O)CN1CCCC(N/C(N)=C/C(C)=C(\N)c2ccc(C(F)(F)F)cc2O)C1.CCC1CC(O)C1. The number of ketones is 1. The van der Waals surface area contributed by atoms with Crippen LogP contribution in [0.2, 0.25) is 0 Å². The van der Waals surface area contributed by atoms with E-state index in [1.165, 1.54) is 6.42 Å². The van der Waals surface area contributed by atoms with Crippen LogP contribution < -0.4 is 16.8 Å². The van der Waals surface area contributed by atoms with Gasteiger partial charge in [0.15, 0.2) is 0 Å². The number of aliphatic hydroxyl groups excluding tert-OH is 1. The molecule has 1 aromatic rings. The Balaban J connectivity index is 0.000000558. The Morgan fingerprint density at radius 1 is 1.25 bits per heavy atom. The van der Waals surface area contributed by atoms with Crippen molar-refractivity contribution in [2.45, 2.75) is 71.2 Å². The highest BCUT2D eigenvalue weighted by molar-refractivity contribution is 5.77. The Morgan fingerprint density at radius 3 is 2.42 bits per heavy atom. The van der Waals surface area contributed by atoms with Crippen LogP contribution in [0.1, 0.15) is 64.0 Å². The number of alkyl halides is 3. The number of piperidine rings is 1. The lowest BCUT2D eigenvalue weighted by atomic mass is 9.81. The second-order valence-electron chi connectivity index (χ2n) is 9.75. The Morgan fingerprint density at radius 2 is 1.92 bits per heavy atom. The average Bonchev–Trinajstić information content (AvgIpc) is 2.75. The van der Waals surface area contributed by atoms with Crippen molar-refractivity contribution in [2.24, 2.45) is 17.4 Å². The molecule has 3 rings (SSSR count). The van der Waals surface area contributed by atoms with Crippen molar-refractivity contribution >= 4 is 11.5 Å². The standard InChI is InChI=1S/C20H27F3N4O2.C6H12O/c1-12(19(25)16-6-5-14(9-17(16)29)20(21,22)23)8-18(24)26-15-4-3-7-27(11-15)10-13(2)28;1-2-5-3-6(7)4-5/h5-6,8-9,15,26,29H,3-4,7,10-11,24-25H2,1-2H3;5-7H,2-4H2,1H3/b18-8+,19-12-;. The van der Waals surface area contributed by atoms with E-state index >= 15 is 0 Å². The van der Waals surface area contributed by atoms with Gasteiger partial charge in [0.1, 0.15) is 11.5 Å². The molecule has 1 saturated carbocycles. The van der Waals surface area contributed by atoms with Crippen molar-refractivity contribution in [2.75, 3.05) is 19.6 Å². The fraction of sp³-hybridized carbons (Fsp3) is 0.577. The van der Waals surface area contributed by atoms with E-state index in [2.05, 4.69) is 17.1 Å². The highest BCUT2D eigenvalue weighted by Gasteiger charge is 2.31. The van der Waals surface area contributed by atoms with Crippen LogP contribution in [0.4, 0.5) is 13.2 Å². The van der Waals surface area contributed by atoms with E-state index in [1.54, 1.807) is 19.9 Å². The molecule has 0 spiro atoms.